The molecule has 0 amide bonds. The molecule has 0 radical (unpaired) electrons. The minimum atomic E-state index is -1.68. The van der Waals surface area contributed by atoms with Crippen molar-refractivity contribution in [1.29, 1.82) is 0 Å². The van der Waals surface area contributed by atoms with E-state index in [4.69, 9.17) is 17.3 Å². The van der Waals surface area contributed by atoms with Gasteiger partial charge in [-0.2, -0.15) is 0 Å². The molecular weight excluding hydrogens is 485 g/mol. The molecule has 3 aromatic carbocycles. The van der Waals surface area contributed by atoms with Gasteiger partial charge in [0.05, 0.1) is 21.1 Å². The Hall–Kier alpha value is -3.07. The molecule has 6 nitrogen and oxygen atoms in total. The molecule has 1 saturated carbocycles. The van der Waals surface area contributed by atoms with E-state index in [9.17, 15) is 8.60 Å². The maximum absolute atomic E-state index is 14.9. The molecule has 4 aromatic rings. The Morgan fingerprint density at radius 3 is 2.51 bits per heavy atom. The van der Waals surface area contributed by atoms with Gasteiger partial charge < -0.3 is 11.1 Å². The number of anilines is 2. The second-order valence-electron chi connectivity index (χ2n) is 8.72. The van der Waals surface area contributed by atoms with Crippen LogP contribution in [0.2, 0.25) is 5.02 Å². The van der Waals surface area contributed by atoms with Crippen molar-refractivity contribution < 1.29 is 8.60 Å². The standard InChI is InChI=1S/C26H25ClFN5OS/c27-21-3-1-2-4-25(21)35(34)33-24-12-6-17(14-22(24)28)16-5-11-23-18(13-16)15-30-26(32-23)31-20-9-7-19(29)8-10-20/h1-6,11-15,19-20,33H,7-10,29H2,(H,30,31,32). The normalized spacial score (nSPS) is 18.8. The summed E-state index contributed by atoms with van der Waals surface area (Å²) >= 11 is 6.10. The first-order valence-corrected chi connectivity index (χ1v) is 13.0. The Morgan fingerprint density at radius 1 is 1.00 bits per heavy atom. The van der Waals surface area contributed by atoms with Crippen LogP contribution in [0.5, 0.6) is 0 Å². The minimum absolute atomic E-state index is 0.135. The lowest BCUT2D eigenvalue weighted by Crippen LogP contribution is -2.33. The summed E-state index contributed by atoms with van der Waals surface area (Å²) in [6, 6.07) is 17.9. The van der Waals surface area contributed by atoms with Crippen LogP contribution in [0.4, 0.5) is 16.0 Å². The number of nitrogens with zero attached hydrogens (tertiary/aromatic N) is 2. The SMILES string of the molecule is NC1CCC(Nc2ncc3cc(-c4ccc(NS(=O)c5ccccc5Cl)c(F)c4)ccc3n2)CC1. The van der Waals surface area contributed by atoms with Crippen LogP contribution in [0.3, 0.4) is 0 Å². The molecule has 1 unspecified atom stereocenters. The van der Waals surface area contributed by atoms with E-state index in [1.807, 2.05) is 18.2 Å². The van der Waals surface area contributed by atoms with Gasteiger partial charge in [-0.1, -0.05) is 35.9 Å². The minimum Gasteiger partial charge on any atom is -0.351 e. The van der Waals surface area contributed by atoms with Gasteiger partial charge in [0.2, 0.25) is 5.95 Å². The molecule has 1 aromatic heterocycles. The van der Waals surface area contributed by atoms with E-state index < -0.39 is 16.8 Å². The zero-order valence-electron chi connectivity index (χ0n) is 18.9. The fourth-order valence-corrected chi connectivity index (χ4v) is 5.52. The van der Waals surface area contributed by atoms with E-state index in [0.29, 0.717) is 33.5 Å². The lowest BCUT2D eigenvalue weighted by atomic mass is 9.92. The number of aromatic nitrogens is 2. The van der Waals surface area contributed by atoms with Crippen LogP contribution in [0.15, 0.2) is 71.8 Å². The summed E-state index contributed by atoms with van der Waals surface area (Å²) in [6.45, 7) is 0. The van der Waals surface area contributed by atoms with Gasteiger partial charge >= 0.3 is 0 Å². The molecule has 180 valence electrons. The van der Waals surface area contributed by atoms with Crippen molar-refractivity contribution in [2.24, 2.45) is 5.73 Å². The molecular formula is C26H25ClFN5OS. The second kappa shape index (κ2) is 10.3. The fourth-order valence-electron chi connectivity index (χ4n) is 4.26. The van der Waals surface area contributed by atoms with Gasteiger partial charge in [-0.25, -0.2) is 18.6 Å². The van der Waals surface area contributed by atoms with Crippen molar-refractivity contribution in [1.82, 2.24) is 9.97 Å². The van der Waals surface area contributed by atoms with Crippen LogP contribution in [0, 0.1) is 5.82 Å². The molecule has 1 aliphatic carbocycles. The van der Waals surface area contributed by atoms with Crippen molar-refractivity contribution in [3.63, 3.8) is 0 Å². The number of benzene rings is 3. The van der Waals surface area contributed by atoms with Crippen molar-refractivity contribution in [3.8, 4) is 11.1 Å². The fraction of sp³-hybridized carbons (Fsp3) is 0.231. The molecule has 0 aliphatic heterocycles. The molecule has 0 spiro atoms. The summed E-state index contributed by atoms with van der Waals surface area (Å²) in [6.07, 6.45) is 5.83. The van der Waals surface area contributed by atoms with E-state index in [-0.39, 0.29) is 5.69 Å². The van der Waals surface area contributed by atoms with Crippen LogP contribution in [-0.4, -0.2) is 26.3 Å². The van der Waals surface area contributed by atoms with Crippen molar-refractivity contribution in [3.05, 3.63) is 77.7 Å². The van der Waals surface area contributed by atoms with E-state index in [0.717, 1.165) is 42.1 Å². The topological polar surface area (TPSA) is 92.9 Å². The summed E-state index contributed by atoms with van der Waals surface area (Å²) in [5.74, 6) is 0.102. The average molecular weight is 510 g/mol. The maximum atomic E-state index is 14.9. The second-order valence-corrected chi connectivity index (χ2v) is 10.3. The third-order valence-electron chi connectivity index (χ3n) is 6.23. The molecule has 9 heteroatoms. The highest BCUT2D eigenvalue weighted by Crippen LogP contribution is 2.29. The largest absolute Gasteiger partial charge is 0.351 e. The van der Waals surface area contributed by atoms with Crippen molar-refractivity contribution in [2.75, 3.05) is 10.0 Å². The highest BCUT2D eigenvalue weighted by atomic mass is 35.5. The zero-order chi connectivity index (χ0) is 24.4. The lowest BCUT2D eigenvalue weighted by Gasteiger charge is -2.26. The monoisotopic (exact) mass is 509 g/mol. The quantitative estimate of drug-likeness (QED) is 0.300. The number of nitrogens with two attached hydrogens (primary N) is 1. The molecule has 1 heterocycles. The van der Waals surface area contributed by atoms with E-state index in [1.165, 1.54) is 6.07 Å². The molecule has 35 heavy (non-hydrogen) atoms. The van der Waals surface area contributed by atoms with Crippen molar-refractivity contribution >= 4 is 45.1 Å². The van der Waals surface area contributed by atoms with Gasteiger partial charge in [0.25, 0.3) is 0 Å². The molecule has 1 aliphatic rings. The molecule has 5 rings (SSSR count). The Balaban J connectivity index is 1.32. The summed E-state index contributed by atoms with van der Waals surface area (Å²) in [4.78, 5) is 9.51. The zero-order valence-corrected chi connectivity index (χ0v) is 20.5. The van der Waals surface area contributed by atoms with Gasteiger partial charge in [0.1, 0.15) is 5.82 Å². The van der Waals surface area contributed by atoms with Gasteiger partial charge in [-0.3, -0.25) is 4.72 Å². The number of nitrogens with one attached hydrogen (secondary N) is 2. The smallest absolute Gasteiger partial charge is 0.223 e. The Bertz CT molecular complexity index is 1390. The van der Waals surface area contributed by atoms with Crippen LogP contribution >= 0.6 is 11.6 Å². The average Bonchev–Trinajstić information content (AvgIpc) is 2.86. The highest BCUT2D eigenvalue weighted by molar-refractivity contribution is 7.86. The molecule has 4 N–H and O–H groups in total. The number of hydrogen-bond acceptors (Lipinski definition) is 5. The summed E-state index contributed by atoms with van der Waals surface area (Å²) in [5.41, 5.74) is 8.47. The van der Waals surface area contributed by atoms with Gasteiger partial charge in [-0.15, -0.1) is 0 Å². The lowest BCUT2D eigenvalue weighted by molar-refractivity contribution is 0.410. The molecule has 0 saturated heterocycles. The Kier molecular flexibility index (Phi) is 6.95. The summed E-state index contributed by atoms with van der Waals surface area (Å²) in [7, 11) is -1.68. The Labute approximate surface area is 210 Å². The number of fused-ring (bicyclic) bond motifs is 1. The summed E-state index contributed by atoms with van der Waals surface area (Å²) < 4.78 is 30.1. The van der Waals surface area contributed by atoms with Gasteiger partial charge in [-0.05, 0) is 73.2 Å². The molecule has 0 bridgehead atoms. The molecule has 1 fully saturated rings. The number of hydrogen-bond donors (Lipinski definition) is 3. The Morgan fingerprint density at radius 2 is 1.74 bits per heavy atom. The first-order chi connectivity index (χ1) is 17.0. The third kappa shape index (κ3) is 5.45. The van der Waals surface area contributed by atoms with E-state index >= 15 is 0 Å². The predicted octanol–water partition coefficient (Wildman–Crippen LogP) is 5.91. The van der Waals surface area contributed by atoms with Crippen molar-refractivity contribution in [2.45, 2.75) is 42.7 Å². The van der Waals surface area contributed by atoms with Crippen LogP contribution in [0.25, 0.3) is 22.0 Å². The predicted molar refractivity (Wildman–Crippen MR) is 140 cm³/mol. The van der Waals surface area contributed by atoms with E-state index in [2.05, 4.69) is 20.0 Å². The van der Waals surface area contributed by atoms with E-state index in [1.54, 1.807) is 42.6 Å². The first kappa shape index (κ1) is 23.7. The third-order valence-corrected chi connectivity index (χ3v) is 7.83. The number of rotatable bonds is 6. The number of halogens is 2. The highest BCUT2D eigenvalue weighted by Gasteiger charge is 2.19. The van der Waals surface area contributed by atoms with Gasteiger partial charge in [0.15, 0.2) is 11.0 Å². The van der Waals surface area contributed by atoms with Crippen LogP contribution in [0.1, 0.15) is 25.7 Å². The first-order valence-electron chi connectivity index (χ1n) is 11.5. The van der Waals surface area contributed by atoms with Crippen LogP contribution < -0.4 is 15.8 Å². The molecule has 1 atom stereocenters. The maximum Gasteiger partial charge on any atom is 0.223 e. The van der Waals surface area contributed by atoms with Gasteiger partial charge in [0, 0.05) is 23.7 Å². The van der Waals surface area contributed by atoms with Crippen LogP contribution in [-0.2, 0) is 11.0 Å². The summed E-state index contributed by atoms with van der Waals surface area (Å²) in [5, 5.41) is 4.64.